The van der Waals surface area contributed by atoms with E-state index in [0.717, 1.165) is 49.9 Å². The van der Waals surface area contributed by atoms with Crippen LogP contribution in [0.4, 0.5) is 0 Å². The van der Waals surface area contributed by atoms with E-state index in [9.17, 15) is 0 Å². The number of hydrogen-bond donors (Lipinski definition) is 0. The molecule has 0 radical (unpaired) electrons. The minimum Gasteiger partial charge on any atom is -0.240 e. The number of benzene rings is 4. The van der Waals surface area contributed by atoms with Crippen LogP contribution in [0.1, 0.15) is 0 Å². The summed E-state index contributed by atoms with van der Waals surface area (Å²) in [5.74, 6) is 0. The minimum atomic E-state index is 0.762. The lowest BCUT2D eigenvalue weighted by molar-refractivity contribution is 0.903. The van der Waals surface area contributed by atoms with Gasteiger partial charge in [-0.05, 0) is 35.0 Å². The third-order valence-corrected chi connectivity index (χ3v) is 5.19. The first-order valence-corrected chi connectivity index (χ1v) is 9.57. The molecule has 4 heteroatoms. The number of hydrogen-bond acceptors (Lipinski definition) is 3. The number of aromatic nitrogens is 4. The van der Waals surface area contributed by atoms with E-state index < -0.39 is 0 Å². The van der Waals surface area contributed by atoms with Crippen LogP contribution in [0.25, 0.3) is 49.9 Å². The van der Waals surface area contributed by atoms with Gasteiger partial charge in [-0.15, -0.1) is 0 Å². The lowest BCUT2D eigenvalue weighted by Gasteiger charge is -2.04. The van der Waals surface area contributed by atoms with Gasteiger partial charge in [0.05, 0.1) is 16.7 Å². The van der Waals surface area contributed by atoms with Gasteiger partial charge >= 0.3 is 0 Å². The molecule has 29 heavy (non-hydrogen) atoms. The lowest BCUT2D eigenvalue weighted by Crippen LogP contribution is -1.98. The van der Waals surface area contributed by atoms with Gasteiger partial charge in [0.1, 0.15) is 11.2 Å². The molecule has 0 saturated heterocycles. The van der Waals surface area contributed by atoms with Crippen molar-refractivity contribution in [2.45, 2.75) is 0 Å². The second-order valence-corrected chi connectivity index (χ2v) is 7.05. The molecule has 4 aromatic carbocycles. The molecule has 0 aliphatic rings. The van der Waals surface area contributed by atoms with Crippen molar-refractivity contribution in [1.82, 2.24) is 19.7 Å². The number of para-hydroxylation sites is 1. The molecule has 0 spiro atoms. The van der Waals surface area contributed by atoms with Crippen molar-refractivity contribution in [3.05, 3.63) is 97.1 Å². The van der Waals surface area contributed by atoms with Gasteiger partial charge in [0.25, 0.3) is 0 Å². The van der Waals surface area contributed by atoms with E-state index >= 15 is 0 Å². The van der Waals surface area contributed by atoms with Crippen LogP contribution >= 0.6 is 0 Å². The fourth-order valence-electron chi connectivity index (χ4n) is 3.77. The van der Waals surface area contributed by atoms with Crippen LogP contribution in [0.5, 0.6) is 0 Å². The molecule has 2 aromatic heterocycles. The van der Waals surface area contributed by atoms with Crippen LogP contribution in [0, 0.1) is 0 Å². The van der Waals surface area contributed by atoms with E-state index in [1.165, 1.54) is 0 Å². The van der Waals surface area contributed by atoms with Gasteiger partial charge in [-0.3, -0.25) is 0 Å². The van der Waals surface area contributed by atoms with Gasteiger partial charge in [0, 0.05) is 5.56 Å². The highest BCUT2D eigenvalue weighted by Gasteiger charge is 2.17. The molecule has 0 aliphatic heterocycles. The molecule has 0 amide bonds. The fourth-order valence-corrected chi connectivity index (χ4v) is 3.77. The summed E-state index contributed by atoms with van der Waals surface area (Å²) in [6, 6.07) is 32.7. The van der Waals surface area contributed by atoms with E-state index in [4.69, 9.17) is 15.1 Å². The number of fused-ring (bicyclic) bond motifs is 3. The Bertz CT molecular complexity index is 1370. The maximum Gasteiger partial charge on any atom is 0.182 e. The molecule has 0 N–H and O–H groups in total. The monoisotopic (exact) mass is 372 g/mol. The molecule has 0 atom stereocenters. The molecule has 0 unspecified atom stereocenters. The fraction of sp³-hybridized carbons (Fsp3) is 0. The van der Waals surface area contributed by atoms with Crippen LogP contribution in [-0.4, -0.2) is 19.7 Å². The molecular weight excluding hydrogens is 356 g/mol. The minimum absolute atomic E-state index is 0.762. The van der Waals surface area contributed by atoms with Crippen molar-refractivity contribution in [3.8, 4) is 16.9 Å². The van der Waals surface area contributed by atoms with E-state index in [1.807, 2.05) is 65.3 Å². The smallest absolute Gasteiger partial charge is 0.182 e. The van der Waals surface area contributed by atoms with Crippen molar-refractivity contribution in [3.63, 3.8) is 0 Å². The molecule has 136 valence electrons. The first-order chi connectivity index (χ1) is 14.4. The van der Waals surface area contributed by atoms with Gasteiger partial charge in [-0.2, -0.15) is 5.10 Å². The predicted molar refractivity (Wildman–Crippen MR) is 117 cm³/mol. The Morgan fingerprint density at radius 1 is 0.586 bits per heavy atom. The van der Waals surface area contributed by atoms with Crippen molar-refractivity contribution in [2.24, 2.45) is 0 Å². The maximum absolute atomic E-state index is 5.00. The molecule has 6 rings (SSSR count). The summed E-state index contributed by atoms with van der Waals surface area (Å²) in [4.78, 5) is 9.99. The molecule has 0 fully saturated rings. The Morgan fingerprint density at radius 2 is 1.17 bits per heavy atom. The zero-order valence-corrected chi connectivity index (χ0v) is 15.5. The number of nitrogens with zero attached hydrogens (tertiary/aromatic N) is 4. The molecule has 0 saturated carbocycles. The number of rotatable bonds is 2. The van der Waals surface area contributed by atoms with Crippen LogP contribution < -0.4 is 0 Å². The second kappa shape index (κ2) is 6.24. The molecule has 2 heterocycles. The van der Waals surface area contributed by atoms with Crippen LogP contribution in [0.2, 0.25) is 0 Å². The van der Waals surface area contributed by atoms with E-state index in [-0.39, 0.29) is 0 Å². The highest BCUT2D eigenvalue weighted by atomic mass is 15.3. The van der Waals surface area contributed by atoms with Crippen LogP contribution in [-0.2, 0) is 0 Å². The standard InChI is InChI=1S/C25H16N4/c1-3-9-17(10-4-1)23-24-25(29(28-23)20-13-5-2-6-14-20)27-22-16-19-12-8-7-11-18(19)15-21(22)26-24/h1-16H. The van der Waals surface area contributed by atoms with E-state index in [1.54, 1.807) is 0 Å². The maximum atomic E-state index is 5.00. The van der Waals surface area contributed by atoms with Gasteiger partial charge in [0.15, 0.2) is 5.65 Å². The second-order valence-electron chi connectivity index (χ2n) is 7.05. The Labute approximate surface area is 167 Å². The van der Waals surface area contributed by atoms with Gasteiger partial charge < -0.3 is 0 Å². The van der Waals surface area contributed by atoms with Crippen molar-refractivity contribution < 1.29 is 0 Å². The Morgan fingerprint density at radius 3 is 1.86 bits per heavy atom. The SMILES string of the molecule is c1ccc(-c2nn(-c3ccccc3)c3nc4cc5ccccc5cc4nc23)cc1. The van der Waals surface area contributed by atoms with E-state index in [0.29, 0.717) is 0 Å². The average molecular weight is 372 g/mol. The summed E-state index contributed by atoms with van der Waals surface area (Å²) in [6.45, 7) is 0. The third-order valence-electron chi connectivity index (χ3n) is 5.19. The summed E-state index contributed by atoms with van der Waals surface area (Å²) in [6.07, 6.45) is 0. The predicted octanol–water partition coefficient (Wildman–Crippen LogP) is 5.79. The summed E-state index contributed by atoms with van der Waals surface area (Å²) in [5, 5.41) is 7.23. The van der Waals surface area contributed by atoms with E-state index in [2.05, 4.69) is 36.4 Å². The quantitative estimate of drug-likeness (QED) is 0.361. The zero-order chi connectivity index (χ0) is 19.2. The van der Waals surface area contributed by atoms with Crippen molar-refractivity contribution in [2.75, 3.05) is 0 Å². The molecule has 6 aromatic rings. The zero-order valence-electron chi connectivity index (χ0n) is 15.5. The van der Waals surface area contributed by atoms with Gasteiger partial charge in [-0.25, -0.2) is 14.6 Å². The van der Waals surface area contributed by atoms with Crippen LogP contribution in [0.15, 0.2) is 97.1 Å². The molecule has 0 bridgehead atoms. The topological polar surface area (TPSA) is 43.6 Å². The van der Waals surface area contributed by atoms with Crippen molar-refractivity contribution >= 4 is 33.0 Å². The molecule has 4 nitrogen and oxygen atoms in total. The van der Waals surface area contributed by atoms with Crippen molar-refractivity contribution in [1.29, 1.82) is 0 Å². The summed E-state index contributed by atoms with van der Waals surface area (Å²) < 4.78 is 1.89. The summed E-state index contributed by atoms with van der Waals surface area (Å²) >= 11 is 0. The van der Waals surface area contributed by atoms with Gasteiger partial charge in [-0.1, -0.05) is 72.8 Å². The lowest BCUT2D eigenvalue weighted by atomic mass is 10.1. The Kier molecular flexibility index (Phi) is 3.43. The molecular formula is C25H16N4. The average Bonchev–Trinajstić information content (AvgIpc) is 3.15. The largest absolute Gasteiger partial charge is 0.240 e. The third kappa shape index (κ3) is 2.57. The highest BCUT2D eigenvalue weighted by molar-refractivity contribution is 5.99. The summed E-state index contributed by atoms with van der Waals surface area (Å²) in [5.41, 5.74) is 6.15. The van der Waals surface area contributed by atoms with Crippen LogP contribution in [0.3, 0.4) is 0 Å². The Hall–Kier alpha value is -4.05. The molecule has 0 aliphatic carbocycles. The normalized spacial score (nSPS) is 11.4. The summed E-state index contributed by atoms with van der Waals surface area (Å²) in [7, 11) is 0. The highest BCUT2D eigenvalue weighted by Crippen LogP contribution is 2.30. The Balaban J connectivity index is 1.73. The first kappa shape index (κ1) is 16.0. The first-order valence-electron chi connectivity index (χ1n) is 9.57. The van der Waals surface area contributed by atoms with Gasteiger partial charge in [0.2, 0.25) is 0 Å².